The Morgan fingerprint density at radius 3 is 2.44 bits per heavy atom. The van der Waals surface area contributed by atoms with Crippen molar-refractivity contribution in [1.29, 1.82) is 5.26 Å². The zero-order valence-electron chi connectivity index (χ0n) is 16.5. The molecule has 3 aliphatic rings. The fourth-order valence-corrected chi connectivity index (χ4v) is 5.35. The molecule has 3 N–H and O–H groups in total. The molecule has 0 aromatic heterocycles. The number of carbonyl (C=O) groups is 2. The lowest BCUT2D eigenvalue weighted by atomic mass is 9.70. The van der Waals surface area contributed by atoms with Gasteiger partial charge in [-0.15, -0.1) is 0 Å². The number of hydrogen-bond acceptors (Lipinski definition) is 4. The van der Waals surface area contributed by atoms with E-state index in [1.807, 2.05) is 0 Å². The fraction of sp³-hybridized carbons (Fsp3) is 0.857. The molecule has 6 heteroatoms. The van der Waals surface area contributed by atoms with Crippen LogP contribution in [0.3, 0.4) is 0 Å². The summed E-state index contributed by atoms with van der Waals surface area (Å²) in [4.78, 5) is 26.9. The average molecular weight is 375 g/mol. The summed E-state index contributed by atoms with van der Waals surface area (Å²) < 4.78 is 0. The van der Waals surface area contributed by atoms with Gasteiger partial charge >= 0.3 is 0 Å². The van der Waals surface area contributed by atoms with Crippen LogP contribution in [-0.4, -0.2) is 41.9 Å². The van der Waals surface area contributed by atoms with Gasteiger partial charge in [0.15, 0.2) is 0 Å². The van der Waals surface area contributed by atoms with Gasteiger partial charge in [0.2, 0.25) is 11.8 Å². The first-order valence-electron chi connectivity index (χ1n) is 10.7. The molecule has 3 fully saturated rings. The predicted molar refractivity (Wildman–Crippen MR) is 103 cm³/mol. The van der Waals surface area contributed by atoms with E-state index in [2.05, 4.69) is 16.3 Å². The summed E-state index contributed by atoms with van der Waals surface area (Å²) in [5.74, 6) is 0.357. The Kier molecular flexibility index (Phi) is 6.41. The Morgan fingerprint density at radius 1 is 1.11 bits per heavy atom. The fourth-order valence-electron chi connectivity index (χ4n) is 5.35. The molecule has 6 nitrogen and oxygen atoms in total. The minimum absolute atomic E-state index is 0.120. The lowest BCUT2D eigenvalue weighted by molar-refractivity contribution is -0.131. The molecule has 1 atom stereocenters. The number of carbonyl (C=O) groups excluding carboxylic acids is 2. The molecule has 0 spiro atoms. The van der Waals surface area contributed by atoms with Crippen LogP contribution in [0.1, 0.15) is 77.0 Å². The van der Waals surface area contributed by atoms with Crippen LogP contribution in [0.4, 0.5) is 0 Å². The molecule has 1 unspecified atom stereocenters. The molecule has 3 rings (SSSR count). The summed E-state index contributed by atoms with van der Waals surface area (Å²) in [6.07, 6.45) is 11.4. The number of nitrogens with one attached hydrogen (secondary N) is 1. The summed E-state index contributed by atoms with van der Waals surface area (Å²) in [5, 5.41) is 12.7. The maximum atomic E-state index is 12.6. The Balaban J connectivity index is 1.51. The van der Waals surface area contributed by atoms with Crippen LogP contribution in [0.5, 0.6) is 0 Å². The van der Waals surface area contributed by atoms with Gasteiger partial charge in [-0.25, -0.2) is 0 Å². The van der Waals surface area contributed by atoms with Gasteiger partial charge in [0.1, 0.15) is 5.54 Å². The van der Waals surface area contributed by atoms with Crippen molar-refractivity contribution >= 4 is 11.8 Å². The third kappa shape index (κ3) is 4.82. The van der Waals surface area contributed by atoms with E-state index in [0.717, 1.165) is 51.1 Å². The lowest BCUT2D eigenvalue weighted by Gasteiger charge is -2.34. The van der Waals surface area contributed by atoms with Crippen LogP contribution in [0.25, 0.3) is 0 Å². The number of hydrogen-bond donors (Lipinski definition) is 2. The highest BCUT2D eigenvalue weighted by Crippen LogP contribution is 2.40. The van der Waals surface area contributed by atoms with Gasteiger partial charge in [0, 0.05) is 31.5 Å². The molecule has 0 aromatic carbocycles. The molecule has 2 saturated carbocycles. The second-order valence-electron chi connectivity index (χ2n) is 9.08. The highest BCUT2D eigenvalue weighted by molar-refractivity contribution is 5.83. The number of nitrogens with two attached hydrogens (primary N) is 1. The van der Waals surface area contributed by atoms with E-state index >= 15 is 0 Å². The first kappa shape index (κ1) is 20.1. The highest BCUT2D eigenvalue weighted by Gasteiger charge is 2.42. The van der Waals surface area contributed by atoms with Gasteiger partial charge in [0.25, 0.3) is 0 Å². The van der Waals surface area contributed by atoms with Gasteiger partial charge in [-0.2, -0.15) is 5.26 Å². The Morgan fingerprint density at radius 2 is 1.81 bits per heavy atom. The van der Waals surface area contributed by atoms with E-state index < -0.39 is 11.0 Å². The number of likely N-dealkylation sites (tertiary alicyclic amines) is 1. The second-order valence-corrected chi connectivity index (χ2v) is 9.08. The van der Waals surface area contributed by atoms with Crippen LogP contribution >= 0.6 is 0 Å². The van der Waals surface area contributed by atoms with E-state index in [0.29, 0.717) is 19.4 Å². The molecule has 27 heavy (non-hydrogen) atoms. The van der Waals surface area contributed by atoms with Crippen LogP contribution in [0, 0.1) is 22.7 Å². The molecule has 2 amide bonds. The van der Waals surface area contributed by atoms with Crippen molar-refractivity contribution in [2.24, 2.45) is 17.1 Å². The zero-order valence-corrected chi connectivity index (χ0v) is 16.5. The third-order valence-corrected chi connectivity index (χ3v) is 7.10. The summed E-state index contributed by atoms with van der Waals surface area (Å²) in [5.41, 5.74) is 4.37. The quantitative estimate of drug-likeness (QED) is 0.715. The topological polar surface area (TPSA) is 99.2 Å². The van der Waals surface area contributed by atoms with Crippen molar-refractivity contribution in [2.75, 3.05) is 19.6 Å². The van der Waals surface area contributed by atoms with Crippen LogP contribution < -0.4 is 11.1 Å². The van der Waals surface area contributed by atoms with Gasteiger partial charge in [-0.05, 0) is 44.4 Å². The van der Waals surface area contributed by atoms with Gasteiger partial charge in [-0.1, -0.05) is 32.1 Å². The van der Waals surface area contributed by atoms with Crippen molar-refractivity contribution in [3.05, 3.63) is 0 Å². The Hall–Kier alpha value is -1.61. The van der Waals surface area contributed by atoms with Gasteiger partial charge in [0.05, 0.1) is 6.07 Å². The van der Waals surface area contributed by atoms with Gasteiger partial charge in [-0.3, -0.25) is 14.5 Å². The number of rotatable bonds is 7. The average Bonchev–Trinajstić information content (AvgIpc) is 3.32. The Labute approximate surface area is 162 Å². The first-order valence-corrected chi connectivity index (χ1v) is 10.7. The van der Waals surface area contributed by atoms with Gasteiger partial charge < -0.3 is 11.1 Å². The van der Waals surface area contributed by atoms with Crippen molar-refractivity contribution in [2.45, 2.75) is 82.6 Å². The molecule has 0 aromatic rings. The lowest BCUT2D eigenvalue weighted by Crippen LogP contribution is -2.50. The summed E-state index contributed by atoms with van der Waals surface area (Å²) in [6, 6.07) is 2.37. The maximum absolute atomic E-state index is 12.6. The molecule has 2 aliphatic carbocycles. The zero-order chi connectivity index (χ0) is 19.3. The molecule has 150 valence electrons. The van der Waals surface area contributed by atoms with Crippen molar-refractivity contribution in [3.63, 3.8) is 0 Å². The van der Waals surface area contributed by atoms with Crippen LogP contribution in [0.15, 0.2) is 0 Å². The molecule has 0 bridgehead atoms. The summed E-state index contributed by atoms with van der Waals surface area (Å²) in [6.45, 7) is 2.53. The van der Waals surface area contributed by atoms with E-state index in [1.54, 1.807) is 0 Å². The second kappa shape index (κ2) is 8.60. The third-order valence-electron chi connectivity index (χ3n) is 7.10. The Bertz CT molecular complexity index is 587. The minimum Gasteiger partial charge on any atom is -0.369 e. The molecule has 1 saturated heterocycles. The first-order chi connectivity index (χ1) is 13.0. The molecular weight excluding hydrogens is 340 g/mol. The highest BCUT2D eigenvalue weighted by atomic mass is 16.2. The standard InChI is InChI=1S/C21H34N4O2/c22-15-21(12-13-25(16-21)14-17-6-2-3-7-17)24-18(26)8-11-20(19(23)27)9-4-1-5-10-20/h17H,1-14,16H2,(H2,23,27)(H,24,26). The summed E-state index contributed by atoms with van der Waals surface area (Å²) >= 11 is 0. The largest absolute Gasteiger partial charge is 0.369 e. The van der Waals surface area contributed by atoms with E-state index in [-0.39, 0.29) is 18.2 Å². The minimum atomic E-state index is -0.776. The van der Waals surface area contributed by atoms with Crippen LogP contribution in [0.2, 0.25) is 0 Å². The number of primary amides is 1. The van der Waals surface area contributed by atoms with E-state index in [1.165, 1.54) is 25.7 Å². The normalized spacial score (nSPS) is 28.7. The monoisotopic (exact) mass is 374 g/mol. The SMILES string of the molecule is N#CC1(NC(=O)CCC2(C(N)=O)CCCCC2)CCN(CC2CCCC2)C1. The predicted octanol–water partition coefficient (Wildman–Crippen LogP) is 2.48. The van der Waals surface area contributed by atoms with E-state index in [9.17, 15) is 14.9 Å². The number of nitrogens with zero attached hydrogens (tertiary/aromatic N) is 2. The van der Waals surface area contributed by atoms with Crippen LogP contribution in [-0.2, 0) is 9.59 Å². The maximum Gasteiger partial charge on any atom is 0.223 e. The number of amides is 2. The van der Waals surface area contributed by atoms with Crippen molar-refractivity contribution < 1.29 is 9.59 Å². The molecule has 1 aliphatic heterocycles. The van der Waals surface area contributed by atoms with E-state index in [4.69, 9.17) is 5.73 Å². The summed E-state index contributed by atoms with van der Waals surface area (Å²) in [7, 11) is 0. The molecule has 0 radical (unpaired) electrons. The van der Waals surface area contributed by atoms with Crippen molar-refractivity contribution in [1.82, 2.24) is 10.2 Å². The van der Waals surface area contributed by atoms with Crippen molar-refractivity contribution in [3.8, 4) is 6.07 Å². The smallest absolute Gasteiger partial charge is 0.223 e. The number of nitriles is 1. The molecular formula is C21H34N4O2. The molecule has 1 heterocycles.